The molecule has 0 unspecified atom stereocenters. The van der Waals surface area contributed by atoms with Crippen LogP contribution in [0, 0.1) is 12.7 Å². The number of aromatic nitrogens is 3. The molecule has 0 fully saturated rings. The number of aryl methyl sites for hydroxylation is 2. The number of hydrogen-bond donors (Lipinski definition) is 0. The highest BCUT2D eigenvalue weighted by Gasteiger charge is 2.15. The first kappa shape index (κ1) is 13.2. The van der Waals surface area contributed by atoms with Crippen LogP contribution >= 0.6 is 15.9 Å². The number of benzene rings is 1. The summed E-state index contributed by atoms with van der Waals surface area (Å²) in [6, 6.07) is 6.57. The SMILES string of the molecule is CCn1cc(Br)c2c(C)nc(-c3ccccc3F)nc21. The van der Waals surface area contributed by atoms with Gasteiger partial charge in [-0.15, -0.1) is 0 Å². The molecule has 0 N–H and O–H groups in total. The molecule has 0 saturated carbocycles. The minimum Gasteiger partial charge on any atom is -0.331 e. The fourth-order valence-corrected chi connectivity index (χ4v) is 3.02. The van der Waals surface area contributed by atoms with Gasteiger partial charge in [0.25, 0.3) is 0 Å². The lowest BCUT2D eigenvalue weighted by atomic mass is 10.2. The summed E-state index contributed by atoms with van der Waals surface area (Å²) in [7, 11) is 0. The van der Waals surface area contributed by atoms with E-state index in [1.807, 2.05) is 24.6 Å². The van der Waals surface area contributed by atoms with Crippen LogP contribution in [-0.4, -0.2) is 14.5 Å². The van der Waals surface area contributed by atoms with Crippen molar-refractivity contribution in [2.45, 2.75) is 20.4 Å². The minimum absolute atomic E-state index is 0.306. The molecule has 0 spiro atoms. The maximum Gasteiger partial charge on any atom is 0.164 e. The van der Waals surface area contributed by atoms with Crippen LogP contribution in [0.15, 0.2) is 34.9 Å². The predicted octanol–water partition coefficient (Wildman–Crippen LogP) is 4.33. The first-order valence-corrected chi connectivity index (χ1v) is 7.19. The highest BCUT2D eigenvalue weighted by Crippen LogP contribution is 2.29. The van der Waals surface area contributed by atoms with Crippen molar-refractivity contribution >= 4 is 27.0 Å². The normalized spacial score (nSPS) is 11.2. The Morgan fingerprint density at radius 3 is 2.70 bits per heavy atom. The summed E-state index contributed by atoms with van der Waals surface area (Å²) in [6.07, 6.45) is 1.98. The van der Waals surface area contributed by atoms with Crippen molar-refractivity contribution in [3.05, 3.63) is 46.4 Å². The maximum atomic E-state index is 13.9. The van der Waals surface area contributed by atoms with E-state index in [9.17, 15) is 4.39 Å². The van der Waals surface area contributed by atoms with E-state index in [0.717, 1.165) is 27.7 Å². The number of fused-ring (bicyclic) bond motifs is 1. The standard InChI is InChI=1S/C15H13BrFN3/c1-3-20-8-11(16)13-9(2)18-14(19-15(13)20)10-6-4-5-7-12(10)17/h4-8H,3H2,1-2H3. The van der Waals surface area contributed by atoms with Gasteiger partial charge in [-0.2, -0.15) is 0 Å². The van der Waals surface area contributed by atoms with Crippen molar-refractivity contribution in [2.75, 3.05) is 0 Å². The molecule has 0 aliphatic heterocycles. The quantitative estimate of drug-likeness (QED) is 0.698. The van der Waals surface area contributed by atoms with Crippen LogP contribution in [0.2, 0.25) is 0 Å². The van der Waals surface area contributed by atoms with Gasteiger partial charge in [0.05, 0.1) is 16.6 Å². The molecule has 3 nitrogen and oxygen atoms in total. The maximum absolute atomic E-state index is 13.9. The molecule has 0 bridgehead atoms. The van der Waals surface area contributed by atoms with Crippen molar-refractivity contribution in [3.63, 3.8) is 0 Å². The molecule has 102 valence electrons. The Hall–Kier alpha value is -1.75. The van der Waals surface area contributed by atoms with Gasteiger partial charge < -0.3 is 4.57 Å². The van der Waals surface area contributed by atoms with Gasteiger partial charge in [0, 0.05) is 17.2 Å². The second-order valence-electron chi connectivity index (χ2n) is 4.57. The van der Waals surface area contributed by atoms with Crippen molar-refractivity contribution in [3.8, 4) is 11.4 Å². The van der Waals surface area contributed by atoms with Crippen LogP contribution in [-0.2, 0) is 6.54 Å². The molecule has 2 aromatic heterocycles. The van der Waals surface area contributed by atoms with Crippen molar-refractivity contribution in [2.24, 2.45) is 0 Å². The highest BCUT2D eigenvalue weighted by molar-refractivity contribution is 9.10. The van der Waals surface area contributed by atoms with E-state index in [2.05, 4.69) is 25.9 Å². The van der Waals surface area contributed by atoms with Crippen LogP contribution in [0.3, 0.4) is 0 Å². The van der Waals surface area contributed by atoms with Crippen molar-refractivity contribution in [1.29, 1.82) is 0 Å². The predicted molar refractivity (Wildman–Crippen MR) is 81.0 cm³/mol. The van der Waals surface area contributed by atoms with E-state index < -0.39 is 0 Å². The molecule has 0 aliphatic rings. The third kappa shape index (κ3) is 2.02. The third-order valence-electron chi connectivity index (χ3n) is 3.31. The average Bonchev–Trinajstić information content (AvgIpc) is 2.76. The molecule has 0 amide bonds. The van der Waals surface area contributed by atoms with Gasteiger partial charge in [-0.3, -0.25) is 0 Å². The van der Waals surface area contributed by atoms with Crippen LogP contribution in [0.1, 0.15) is 12.6 Å². The van der Waals surface area contributed by atoms with Gasteiger partial charge in [-0.05, 0) is 41.9 Å². The zero-order chi connectivity index (χ0) is 14.3. The van der Waals surface area contributed by atoms with Gasteiger partial charge in [0.2, 0.25) is 0 Å². The second-order valence-corrected chi connectivity index (χ2v) is 5.43. The number of halogens is 2. The molecule has 3 rings (SSSR count). The Balaban J connectivity index is 2.32. The molecule has 5 heteroatoms. The van der Waals surface area contributed by atoms with Gasteiger partial charge in [0.1, 0.15) is 11.5 Å². The molecule has 0 aliphatic carbocycles. The van der Waals surface area contributed by atoms with Crippen LogP contribution < -0.4 is 0 Å². The molecule has 0 saturated heterocycles. The fraction of sp³-hybridized carbons (Fsp3) is 0.200. The Morgan fingerprint density at radius 2 is 2.00 bits per heavy atom. The topological polar surface area (TPSA) is 30.7 Å². The second kappa shape index (κ2) is 4.98. The Labute approximate surface area is 124 Å². The summed E-state index contributed by atoms with van der Waals surface area (Å²) < 4.78 is 16.9. The monoisotopic (exact) mass is 333 g/mol. The summed E-state index contributed by atoms with van der Waals surface area (Å²) >= 11 is 3.53. The molecular formula is C15H13BrFN3. The van der Waals surface area contributed by atoms with Crippen LogP contribution in [0.5, 0.6) is 0 Å². The Bertz CT molecular complexity index is 795. The molecule has 2 heterocycles. The summed E-state index contributed by atoms with van der Waals surface area (Å²) in [5.41, 5.74) is 2.09. The Morgan fingerprint density at radius 1 is 1.25 bits per heavy atom. The van der Waals surface area contributed by atoms with Gasteiger partial charge >= 0.3 is 0 Å². The van der Waals surface area contributed by atoms with Gasteiger partial charge in [-0.1, -0.05) is 12.1 Å². The molecule has 0 atom stereocenters. The Kier molecular flexibility index (Phi) is 3.30. The number of hydrogen-bond acceptors (Lipinski definition) is 2. The number of nitrogens with zero attached hydrogens (tertiary/aromatic N) is 3. The zero-order valence-corrected chi connectivity index (χ0v) is 12.8. The average molecular weight is 334 g/mol. The number of rotatable bonds is 2. The first-order valence-electron chi connectivity index (χ1n) is 6.39. The van der Waals surface area contributed by atoms with Crippen molar-refractivity contribution < 1.29 is 4.39 Å². The molecular weight excluding hydrogens is 321 g/mol. The summed E-state index contributed by atoms with van der Waals surface area (Å²) in [5, 5.41) is 0.979. The van der Waals surface area contributed by atoms with Crippen LogP contribution in [0.4, 0.5) is 4.39 Å². The largest absolute Gasteiger partial charge is 0.331 e. The van der Waals surface area contributed by atoms with E-state index in [1.165, 1.54) is 6.07 Å². The third-order valence-corrected chi connectivity index (χ3v) is 3.91. The van der Waals surface area contributed by atoms with Gasteiger partial charge in [0.15, 0.2) is 5.82 Å². The van der Waals surface area contributed by atoms with E-state index in [4.69, 9.17) is 0 Å². The molecule has 20 heavy (non-hydrogen) atoms. The lowest BCUT2D eigenvalue weighted by Crippen LogP contribution is -1.99. The van der Waals surface area contributed by atoms with E-state index in [-0.39, 0.29) is 5.82 Å². The minimum atomic E-state index is -0.306. The summed E-state index contributed by atoms with van der Waals surface area (Å²) in [6.45, 7) is 4.76. The molecule has 1 aromatic carbocycles. The molecule has 0 radical (unpaired) electrons. The summed E-state index contributed by atoms with van der Waals surface area (Å²) in [4.78, 5) is 8.99. The summed E-state index contributed by atoms with van der Waals surface area (Å²) in [5.74, 6) is 0.119. The highest BCUT2D eigenvalue weighted by atomic mass is 79.9. The van der Waals surface area contributed by atoms with E-state index in [1.54, 1.807) is 18.2 Å². The van der Waals surface area contributed by atoms with E-state index >= 15 is 0 Å². The lowest BCUT2D eigenvalue weighted by Gasteiger charge is -2.06. The molecule has 3 aromatic rings. The lowest BCUT2D eigenvalue weighted by molar-refractivity contribution is 0.630. The van der Waals surface area contributed by atoms with E-state index in [0.29, 0.717) is 11.4 Å². The zero-order valence-electron chi connectivity index (χ0n) is 11.2. The fourth-order valence-electron chi connectivity index (χ4n) is 2.31. The smallest absolute Gasteiger partial charge is 0.164 e. The van der Waals surface area contributed by atoms with Crippen LogP contribution in [0.25, 0.3) is 22.4 Å². The van der Waals surface area contributed by atoms with Crippen molar-refractivity contribution in [1.82, 2.24) is 14.5 Å². The van der Waals surface area contributed by atoms with Gasteiger partial charge in [-0.25, -0.2) is 14.4 Å². The first-order chi connectivity index (χ1) is 9.61.